The molecule has 0 saturated carbocycles. The lowest BCUT2D eigenvalue weighted by molar-refractivity contribution is 0.346. The molecule has 2 N–H and O–H groups in total. The van der Waals surface area contributed by atoms with Crippen molar-refractivity contribution in [1.82, 2.24) is 9.55 Å². The van der Waals surface area contributed by atoms with Gasteiger partial charge in [-0.1, -0.05) is 13.8 Å². The third-order valence-electron chi connectivity index (χ3n) is 3.99. The van der Waals surface area contributed by atoms with Gasteiger partial charge in [0.15, 0.2) is 5.82 Å². The molecule has 2 unspecified atom stereocenters. The Morgan fingerprint density at radius 3 is 3.00 bits per heavy atom. The summed E-state index contributed by atoms with van der Waals surface area (Å²) >= 11 is 0. The predicted molar refractivity (Wildman–Crippen MR) is 77.4 cm³/mol. The number of rotatable bonds is 4. The van der Waals surface area contributed by atoms with Crippen LogP contribution >= 0.6 is 0 Å². The van der Waals surface area contributed by atoms with E-state index in [2.05, 4.69) is 23.7 Å². The highest BCUT2D eigenvalue weighted by atomic mass is 16.1. The normalized spacial score (nSPS) is 23.6. The molecular formula is C14H24N4O. The molecule has 2 atom stereocenters. The van der Waals surface area contributed by atoms with E-state index in [0.29, 0.717) is 18.3 Å². The van der Waals surface area contributed by atoms with Crippen molar-refractivity contribution in [2.75, 3.05) is 18.0 Å². The summed E-state index contributed by atoms with van der Waals surface area (Å²) in [6.07, 6.45) is 6.70. The number of aromatic nitrogens is 2. The van der Waals surface area contributed by atoms with Gasteiger partial charge in [0.05, 0.1) is 0 Å². The zero-order valence-corrected chi connectivity index (χ0v) is 11.9. The average Bonchev–Trinajstić information content (AvgIpc) is 2.41. The van der Waals surface area contributed by atoms with Crippen LogP contribution in [0.1, 0.15) is 33.1 Å². The number of nitrogens with zero attached hydrogens (tertiary/aromatic N) is 3. The van der Waals surface area contributed by atoms with Crippen molar-refractivity contribution in [2.24, 2.45) is 11.7 Å². The molecule has 106 valence electrons. The number of nitrogens with two attached hydrogens (primary N) is 1. The maximum atomic E-state index is 12.4. The molecule has 0 bridgehead atoms. The highest BCUT2D eigenvalue weighted by Gasteiger charge is 2.29. The highest BCUT2D eigenvalue weighted by Crippen LogP contribution is 2.24. The van der Waals surface area contributed by atoms with Gasteiger partial charge in [0.2, 0.25) is 0 Å². The zero-order valence-electron chi connectivity index (χ0n) is 11.9. The van der Waals surface area contributed by atoms with E-state index in [9.17, 15) is 4.79 Å². The van der Waals surface area contributed by atoms with E-state index >= 15 is 0 Å². The van der Waals surface area contributed by atoms with Gasteiger partial charge in [0, 0.05) is 38.1 Å². The lowest BCUT2D eigenvalue weighted by atomic mass is 9.91. The molecule has 0 aliphatic carbocycles. The second-order valence-corrected chi connectivity index (χ2v) is 5.37. The van der Waals surface area contributed by atoms with Crippen LogP contribution in [0.3, 0.4) is 0 Å². The lowest BCUT2D eigenvalue weighted by Crippen LogP contribution is -2.51. The Morgan fingerprint density at radius 1 is 1.53 bits per heavy atom. The smallest absolute Gasteiger partial charge is 0.293 e. The van der Waals surface area contributed by atoms with E-state index in [-0.39, 0.29) is 11.6 Å². The molecule has 0 radical (unpaired) electrons. The third-order valence-corrected chi connectivity index (χ3v) is 3.99. The van der Waals surface area contributed by atoms with Gasteiger partial charge in [-0.2, -0.15) is 0 Å². The van der Waals surface area contributed by atoms with Crippen molar-refractivity contribution in [1.29, 1.82) is 0 Å². The van der Waals surface area contributed by atoms with Crippen LogP contribution in [0.25, 0.3) is 0 Å². The van der Waals surface area contributed by atoms with Gasteiger partial charge in [-0.3, -0.25) is 4.79 Å². The Bertz CT molecular complexity index is 471. The number of hydrogen-bond acceptors (Lipinski definition) is 4. The fourth-order valence-corrected chi connectivity index (χ4v) is 2.92. The molecule has 2 rings (SSSR count). The van der Waals surface area contributed by atoms with Crippen LogP contribution in [-0.4, -0.2) is 28.7 Å². The molecule has 1 fully saturated rings. The second kappa shape index (κ2) is 6.19. The van der Waals surface area contributed by atoms with Crippen molar-refractivity contribution >= 4 is 5.82 Å². The van der Waals surface area contributed by atoms with Gasteiger partial charge in [0.1, 0.15) is 0 Å². The minimum Gasteiger partial charge on any atom is -0.348 e. The summed E-state index contributed by atoms with van der Waals surface area (Å²) in [6, 6.07) is 0.228. The first-order valence-electron chi connectivity index (χ1n) is 7.21. The fourth-order valence-electron chi connectivity index (χ4n) is 2.92. The molecule has 2 heterocycles. The minimum absolute atomic E-state index is 0.0110. The Labute approximate surface area is 114 Å². The van der Waals surface area contributed by atoms with Gasteiger partial charge < -0.3 is 15.2 Å². The molecule has 1 aromatic rings. The fraction of sp³-hybridized carbons (Fsp3) is 0.714. The summed E-state index contributed by atoms with van der Waals surface area (Å²) in [5.41, 5.74) is 5.90. The Hall–Kier alpha value is -1.36. The van der Waals surface area contributed by atoms with Crippen LogP contribution in [0.15, 0.2) is 17.2 Å². The summed E-state index contributed by atoms with van der Waals surface area (Å²) in [5.74, 6) is 1.08. The second-order valence-electron chi connectivity index (χ2n) is 5.37. The minimum atomic E-state index is 0.0110. The monoisotopic (exact) mass is 264 g/mol. The molecular weight excluding hydrogens is 240 g/mol. The number of aryl methyl sites for hydroxylation is 1. The molecule has 5 heteroatoms. The van der Waals surface area contributed by atoms with E-state index in [1.165, 1.54) is 6.42 Å². The molecule has 1 aliphatic rings. The number of anilines is 1. The van der Waals surface area contributed by atoms with Crippen molar-refractivity contribution in [3.63, 3.8) is 0 Å². The first kappa shape index (κ1) is 14.1. The van der Waals surface area contributed by atoms with Crippen LogP contribution < -0.4 is 16.2 Å². The van der Waals surface area contributed by atoms with E-state index in [1.54, 1.807) is 17.0 Å². The average molecular weight is 264 g/mol. The molecule has 19 heavy (non-hydrogen) atoms. The summed E-state index contributed by atoms with van der Waals surface area (Å²) in [5, 5.41) is 0. The van der Waals surface area contributed by atoms with Crippen LogP contribution in [-0.2, 0) is 6.54 Å². The summed E-state index contributed by atoms with van der Waals surface area (Å²) in [4.78, 5) is 18.9. The summed E-state index contributed by atoms with van der Waals surface area (Å²) in [7, 11) is 0. The highest BCUT2D eigenvalue weighted by molar-refractivity contribution is 5.38. The molecule has 1 aliphatic heterocycles. The van der Waals surface area contributed by atoms with Gasteiger partial charge in [0.25, 0.3) is 5.56 Å². The number of hydrogen-bond donors (Lipinski definition) is 1. The van der Waals surface area contributed by atoms with E-state index < -0.39 is 0 Å². The predicted octanol–water partition coefficient (Wildman–Crippen LogP) is 1.22. The van der Waals surface area contributed by atoms with Crippen LogP contribution in [0.2, 0.25) is 0 Å². The van der Waals surface area contributed by atoms with E-state index in [4.69, 9.17) is 5.73 Å². The van der Waals surface area contributed by atoms with E-state index in [0.717, 1.165) is 25.9 Å². The van der Waals surface area contributed by atoms with Crippen molar-refractivity contribution in [3.8, 4) is 0 Å². The standard InChI is InChI=1S/C14H24N4O/c1-3-7-17-9-6-16-13(14(17)19)18-8-4-5-11(2)12(18)10-15/h6,9,11-12H,3-5,7-8,10,15H2,1-2H3. The summed E-state index contributed by atoms with van der Waals surface area (Å²) < 4.78 is 1.75. The Balaban J connectivity index is 2.34. The largest absolute Gasteiger partial charge is 0.348 e. The third kappa shape index (κ3) is 2.81. The molecule has 0 spiro atoms. The lowest BCUT2D eigenvalue weighted by Gasteiger charge is -2.39. The zero-order chi connectivity index (χ0) is 13.8. The Morgan fingerprint density at radius 2 is 2.32 bits per heavy atom. The van der Waals surface area contributed by atoms with Gasteiger partial charge in [-0.15, -0.1) is 0 Å². The maximum Gasteiger partial charge on any atom is 0.293 e. The molecule has 5 nitrogen and oxygen atoms in total. The van der Waals surface area contributed by atoms with Crippen LogP contribution in [0, 0.1) is 5.92 Å². The number of piperidine rings is 1. The first-order chi connectivity index (χ1) is 9.19. The quantitative estimate of drug-likeness (QED) is 0.888. The van der Waals surface area contributed by atoms with Gasteiger partial charge >= 0.3 is 0 Å². The molecule has 1 aromatic heterocycles. The molecule has 0 aromatic carbocycles. The first-order valence-corrected chi connectivity index (χ1v) is 7.21. The van der Waals surface area contributed by atoms with Crippen molar-refractivity contribution in [2.45, 2.75) is 45.7 Å². The van der Waals surface area contributed by atoms with E-state index in [1.807, 2.05) is 0 Å². The maximum absolute atomic E-state index is 12.4. The molecule has 1 saturated heterocycles. The molecule has 0 amide bonds. The van der Waals surface area contributed by atoms with Crippen LogP contribution in [0.4, 0.5) is 5.82 Å². The van der Waals surface area contributed by atoms with Gasteiger partial charge in [-0.25, -0.2) is 4.98 Å². The van der Waals surface area contributed by atoms with Crippen LogP contribution in [0.5, 0.6) is 0 Å². The topological polar surface area (TPSA) is 64.2 Å². The Kier molecular flexibility index (Phi) is 4.58. The van der Waals surface area contributed by atoms with Gasteiger partial charge in [-0.05, 0) is 25.2 Å². The summed E-state index contributed by atoms with van der Waals surface area (Å²) in [6.45, 7) is 6.47. The van der Waals surface area contributed by atoms with Crippen molar-refractivity contribution in [3.05, 3.63) is 22.7 Å². The van der Waals surface area contributed by atoms with Crippen molar-refractivity contribution < 1.29 is 0 Å². The SMILES string of the molecule is CCCn1ccnc(N2CCCC(C)C2CN)c1=O.